The molecule has 0 saturated heterocycles. The molecule has 3 rings (SSSR count). The Morgan fingerprint density at radius 2 is 1.67 bits per heavy atom. The quantitative estimate of drug-likeness (QED) is 0.533. The SMILES string of the molecule is CC1(C)C2CCC1(C)C(P(Cl)C1CCCCC1)C2. The van der Waals surface area contributed by atoms with E-state index in [1.807, 2.05) is 0 Å². The second kappa shape index (κ2) is 4.63. The normalized spacial score (nSPS) is 45.3. The van der Waals surface area contributed by atoms with Crippen molar-refractivity contribution in [2.24, 2.45) is 16.7 Å². The summed E-state index contributed by atoms with van der Waals surface area (Å²) in [6.45, 7) is 7.60. The lowest BCUT2D eigenvalue weighted by atomic mass is 9.71. The fourth-order valence-electron chi connectivity index (χ4n) is 5.12. The van der Waals surface area contributed by atoms with Crippen LogP contribution in [0.5, 0.6) is 0 Å². The van der Waals surface area contributed by atoms with E-state index in [1.165, 1.54) is 51.4 Å². The zero-order chi connectivity index (χ0) is 13.0. The summed E-state index contributed by atoms with van der Waals surface area (Å²) >= 11 is 7.04. The van der Waals surface area contributed by atoms with Crippen molar-refractivity contribution in [1.29, 1.82) is 0 Å². The van der Waals surface area contributed by atoms with E-state index in [9.17, 15) is 0 Å². The van der Waals surface area contributed by atoms with Crippen LogP contribution in [0.25, 0.3) is 0 Å². The summed E-state index contributed by atoms with van der Waals surface area (Å²) in [4.78, 5) is 0. The van der Waals surface area contributed by atoms with Gasteiger partial charge in [0.1, 0.15) is 0 Å². The van der Waals surface area contributed by atoms with E-state index in [-0.39, 0.29) is 7.27 Å². The van der Waals surface area contributed by atoms with Crippen LogP contribution in [0.3, 0.4) is 0 Å². The lowest BCUT2D eigenvalue weighted by Gasteiger charge is -2.43. The van der Waals surface area contributed by atoms with E-state index >= 15 is 0 Å². The maximum absolute atomic E-state index is 7.04. The van der Waals surface area contributed by atoms with Gasteiger partial charge in [-0.1, -0.05) is 51.3 Å². The molecule has 3 aliphatic carbocycles. The Bertz CT molecular complexity index is 321. The highest BCUT2D eigenvalue weighted by Crippen LogP contribution is 2.75. The second-order valence-electron chi connectivity index (χ2n) is 7.76. The Hall–Kier alpha value is 0.720. The molecule has 0 aromatic carbocycles. The van der Waals surface area contributed by atoms with Gasteiger partial charge in [-0.15, -0.1) is 0 Å². The molecule has 2 heteroatoms. The van der Waals surface area contributed by atoms with E-state index in [2.05, 4.69) is 20.8 Å². The molecule has 4 unspecified atom stereocenters. The molecule has 0 amide bonds. The molecule has 0 heterocycles. The molecule has 0 spiro atoms. The molecule has 0 aromatic heterocycles. The number of hydrogen-bond donors (Lipinski definition) is 0. The molecule has 104 valence electrons. The molecule has 3 aliphatic rings. The van der Waals surface area contributed by atoms with Crippen molar-refractivity contribution in [3.63, 3.8) is 0 Å². The second-order valence-corrected chi connectivity index (χ2v) is 11.0. The van der Waals surface area contributed by atoms with E-state index < -0.39 is 0 Å². The van der Waals surface area contributed by atoms with Gasteiger partial charge in [0, 0.05) is 0 Å². The summed E-state index contributed by atoms with van der Waals surface area (Å²) in [5.41, 5.74) is 2.82. The van der Waals surface area contributed by atoms with Crippen LogP contribution in [0.15, 0.2) is 0 Å². The van der Waals surface area contributed by atoms with E-state index in [4.69, 9.17) is 11.2 Å². The van der Waals surface area contributed by atoms with Crippen LogP contribution in [0.2, 0.25) is 0 Å². The van der Waals surface area contributed by atoms with Crippen LogP contribution in [0, 0.1) is 16.7 Å². The Morgan fingerprint density at radius 3 is 2.17 bits per heavy atom. The highest BCUT2D eigenvalue weighted by Gasteiger charge is 2.63. The molecule has 0 aromatic rings. The van der Waals surface area contributed by atoms with Crippen molar-refractivity contribution >= 4 is 18.5 Å². The molecular weight excluding hydrogens is 259 g/mol. The summed E-state index contributed by atoms with van der Waals surface area (Å²) < 4.78 is 0. The van der Waals surface area contributed by atoms with Gasteiger partial charge in [-0.05, 0) is 67.4 Å². The van der Waals surface area contributed by atoms with Gasteiger partial charge in [0.2, 0.25) is 0 Å². The van der Waals surface area contributed by atoms with Crippen molar-refractivity contribution in [3.8, 4) is 0 Å². The standard InChI is InChI=1S/C16H28ClP/c1-15(2)12-9-10-16(15,3)14(11-12)18(17)13-7-5-4-6-8-13/h12-14H,4-11H2,1-3H3. The molecule has 4 atom stereocenters. The van der Waals surface area contributed by atoms with Crippen molar-refractivity contribution in [2.75, 3.05) is 0 Å². The van der Waals surface area contributed by atoms with Crippen LogP contribution in [0.4, 0.5) is 0 Å². The molecule has 0 aliphatic heterocycles. The number of rotatable bonds is 2. The minimum Gasteiger partial charge on any atom is -0.0958 e. The third kappa shape index (κ3) is 1.81. The van der Waals surface area contributed by atoms with Gasteiger partial charge >= 0.3 is 0 Å². The number of fused-ring (bicyclic) bond motifs is 2. The van der Waals surface area contributed by atoms with Gasteiger partial charge in [-0.2, -0.15) is 0 Å². The number of halogens is 1. The summed E-state index contributed by atoms with van der Waals surface area (Å²) in [6, 6.07) is 0. The molecule has 0 nitrogen and oxygen atoms in total. The van der Waals surface area contributed by atoms with Crippen LogP contribution < -0.4 is 0 Å². The van der Waals surface area contributed by atoms with Gasteiger partial charge in [0.15, 0.2) is 0 Å². The summed E-state index contributed by atoms with van der Waals surface area (Å²) in [5, 5.41) is 0. The third-order valence-electron chi connectivity index (χ3n) is 6.97. The van der Waals surface area contributed by atoms with Gasteiger partial charge in [-0.3, -0.25) is 0 Å². The average Bonchev–Trinajstić information content (AvgIpc) is 2.71. The molecular formula is C16H28ClP. The van der Waals surface area contributed by atoms with Gasteiger partial charge in [0.05, 0.1) is 0 Å². The lowest BCUT2D eigenvalue weighted by molar-refractivity contribution is 0.155. The zero-order valence-corrected chi connectivity index (χ0v) is 13.9. The first-order valence-corrected chi connectivity index (χ1v) is 10.3. The first kappa shape index (κ1) is 13.7. The lowest BCUT2D eigenvalue weighted by Crippen LogP contribution is -2.35. The van der Waals surface area contributed by atoms with Crippen molar-refractivity contribution in [3.05, 3.63) is 0 Å². The maximum Gasteiger partial charge on any atom is -0.000600 e. The first-order chi connectivity index (χ1) is 8.47. The summed E-state index contributed by atoms with van der Waals surface area (Å²) in [6.07, 6.45) is 11.5. The van der Waals surface area contributed by atoms with Crippen molar-refractivity contribution in [2.45, 2.75) is 83.5 Å². The van der Waals surface area contributed by atoms with Gasteiger partial charge in [-0.25, -0.2) is 0 Å². The predicted molar refractivity (Wildman–Crippen MR) is 82.7 cm³/mol. The van der Waals surface area contributed by atoms with Crippen LogP contribution in [-0.4, -0.2) is 11.3 Å². The van der Waals surface area contributed by atoms with Gasteiger partial charge < -0.3 is 0 Å². The zero-order valence-electron chi connectivity index (χ0n) is 12.2. The fourth-order valence-corrected chi connectivity index (χ4v) is 9.42. The average molecular weight is 287 g/mol. The highest BCUT2D eigenvalue weighted by molar-refractivity contribution is 7.85. The van der Waals surface area contributed by atoms with Crippen molar-refractivity contribution in [1.82, 2.24) is 0 Å². The fraction of sp³-hybridized carbons (Fsp3) is 1.00. The third-order valence-corrected chi connectivity index (χ3v) is 11.1. The molecule has 3 saturated carbocycles. The Morgan fingerprint density at radius 1 is 1.00 bits per heavy atom. The van der Waals surface area contributed by atoms with Crippen LogP contribution >= 0.6 is 18.5 Å². The van der Waals surface area contributed by atoms with Crippen LogP contribution in [0.1, 0.15) is 72.1 Å². The first-order valence-electron chi connectivity index (χ1n) is 7.91. The molecule has 2 bridgehead atoms. The molecule has 0 radical (unpaired) electrons. The molecule has 18 heavy (non-hydrogen) atoms. The minimum absolute atomic E-state index is 0.249. The topological polar surface area (TPSA) is 0 Å². The van der Waals surface area contributed by atoms with E-state index in [0.29, 0.717) is 10.8 Å². The maximum atomic E-state index is 7.04. The van der Waals surface area contributed by atoms with E-state index in [1.54, 1.807) is 0 Å². The number of hydrogen-bond acceptors (Lipinski definition) is 0. The van der Waals surface area contributed by atoms with E-state index in [0.717, 1.165) is 17.2 Å². The molecule has 3 fully saturated rings. The Labute approximate surface area is 119 Å². The monoisotopic (exact) mass is 286 g/mol. The Kier molecular flexibility index (Phi) is 3.52. The molecule has 0 N–H and O–H groups in total. The highest BCUT2D eigenvalue weighted by atomic mass is 35.7. The van der Waals surface area contributed by atoms with Crippen molar-refractivity contribution < 1.29 is 0 Å². The summed E-state index contributed by atoms with van der Waals surface area (Å²) in [7, 11) is -0.249. The largest absolute Gasteiger partial charge is 0.0958 e. The predicted octanol–water partition coefficient (Wildman–Crippen LogP) is 6.17. The smallest absolute Gasteiger partial charge is 0.000600 e. The van der Waals surface area contributed by atoms with Gasteiger partial charge in [0.25, 0.3) is 0 Å². The summed E-state index contributed by atoms with van der Waals surface area (Å²) in [5.74, 6) is 0.958. The Balaban J connectivity index is 1.77. The minimum atomic E-state index is -0.249. The van der Waals surface area contributed by atoms with Crippen LogP contribution in [-0.2, 0) is 0 Å².